The second kappa shape index (κ2) is 3.55. The molecule has 0 aliphatic carbocycles. The number of methoxy groups -OCH3 is 1. The fourth-order valence-corrected chi connectivity index (χ4v) is 0.957. The zero-order valence-electron chi connectivity index (χ0n) is 7.34. The Morgan fingerprint density at radius 3 is 2.62 bits per heavy atom. The van der Waals surface area contributed by atoms with E-state index < -0.39 is 6.43 Å². The number of ether oxygens (including phenoxy) is 1. The molecule has 0 aromatic carbocycles. The molecular weight excluding hydrogens is 178 g/mol. The Bertz CT molecular complexity index is 315. The van der Waals surface area contributed by atoms with E-state index in [1.54, 1.807) is 6.92 Å². The van der Waals surface area contributed by atoms with Crippen LogP contribution in [0.15, 0.2) is 6.07 Å². The van der Waals surface area contributed by atoms with E-state index in [1.165, 1.54) is 7.11 Å². The summed E-state index contributed by atoms with van der Waals surface area (Å²) in [5.41, 5.74) is 5.87. The van der Waals surface area contributed by atoms with Crippen LogP contribution >= 0.6 is 0 Å². The van der Waals surface area contributed by atoms with Crippen LogP contribution < -0.4 is 10.5 Å². The molecule has 0 amide bonds. The number of rotatable bonds is 2. The topological polar surface area (TPSA) is 48.1 Å². The second-order valence-corrected chi connectivity index (χ2v) is 2.55. The summed E-state index contributed by atoms with van der Waals surface area (Å²) in [4.78, 5) is 3.63. The van der Waals surface area contributed by atoms with Crippen molar-refractivity contribution in [3.8, 4) is 5.75 Å². The van der Waals surface area contributed by atoms with Crippen LogP contribution in [0.25, 0.3) is 0 Å². The average Bonchev–Trinajstić information content (AvgIpc) is 2.09. The van der Waals surface area contributed by atoms with Crippen LogP contribution in [0.2, 0.25) is 0 Å². The van der Waals surface area contributed by atoms with Crippen LogP contribution in [-0.2, 0) is 0 Å². The molecule has 72 valence electrons. The molecule has 13 heavy (non-hydrogen) atoms. The molecule has 0 spiro atoms. The summed E-state index contributed by atoms with van der Waals surface area (Å²) in [6.07, 6.45) is -2.60. The summed E-state index contributed by atoms with van der Waals surface area (Å²) in [6, 6.07) is 1.15. The van der Waals surface area contributed by atoms with Crippen molar-refractivity contribution < 1.29 is 13.5 Å². The predicted molar refractivity (Wildman–Crippen MR) is 44.9 cm³/mol. The number of aromatic nitrogens is 1. The van der Waals surface area contributed by atoms with Crippen molar-refractivity contribution >= 4 is 5.69 Å². The Kier molecular flexibility index (Phi) is 2.65. The lowest BCUT2D eigenvalue weighted by Crippen LogP contribution is -2.01. The molecule has 3 nitrogen and oxygen atoms in total. The molecule has 1 aromatic rings. The van der Waals surface area contributed by atoms with E-state index in [-0.39, 0.29) is 11.4 Å². The number of pyridine rings is 1. The Morgan fingerprint density at radius 1 is 1.54 bits per heavy atom. The van der Waals surface area contributed by atoms with Crippen molar-refractivity contribution in [2.24, 2.45) is 0 Å². The van der Waals surface area contributed by atoms with Gasteiger partial charge in [-0.3, -0.25) is 0 Å². The highest BCUT2D eigenvalue weighted by Crippen LogP contribution is 2.28. The van der Waals surface area contributed by atoms with Crippen molar-refractivity contribution in [3.63, 3.8) is 0 Å². The van der Waals surface area contributed by atoms with Crippen LogP contribution in [0.3, 0.4) is 0 Å². The van der Waals surface area contributed by atoms with E-state index in [0.29, 0.717) is 11.4 Å². The van der Waals surface area contributed by atoms with E-state index in [9.17, 15) is 8.78 Å². The number of hydrogen-bond donors (Lipinski definition) is 1. The minimum atomic E-state index is -2.60. The smallest absolute Gasteiger partial charge is 0.280 e. The first-order valence-electron chi connectivity index (χ1n) is 3.65. The zero-order valence-corrected chi connectivity index (χ0v) is 7.34. The van der Waals surface area contributed by atoms with Gasteiger partial charge >= 0.3 is 0 Å². The summed E-state index contributed by atoms with van der Waals surface area (Å²) < 4.78 is 29.3. The number of halogens is 2. The monoisotopic (exact) mass is 188 g/mol. The molecule has 0 saturated heterocycles. The van der Waals surface area contributed by atoms with Gasteiger partial charge in [0.15, 0.2) is 0 Å². The van der Waals surface area contributed by atoms with Crippen molar-refractivity contribution in [3.05, 3.63) is 17.5 Å². The van der Waals surface area contributed by atoms with Crippen molar-refractivity contribution in [1.29, 1.82) is 0 Å². The Hall–Kier alpha value is -1.39. The lowest BCUT2D eigenvalue weighted by Gasteiger charge is -2.08. The van der Waals surface area contributed by atoms with E-state index in [0.717, 1.165) is 6.07 Å². The fraction of sp³-hybridized carbons (Fsp3) is 0.375. The average molecular weight is 188 g/mol. The molecule has 0 saturated carbocycles. The molecule has 0 bridgehead atoms. The van der Waals surface area contributed by atoms with Crippen molar-refractivity contribution in [2.45, 2.75) is 13.3 Å². The molecule has 0 unspecified atom stereocenters. The standard InChI is InChI=1S/C8H10F2N2O/c1-4-7(11)6(13-2)3-5(12-4)8(9)10/h3,8H,11H2,1-2H3. The first-order valence-corrected chi connectivity index (χ1v) is 3.65. The highest BCUT2D eigenvalue weighted by Gasteiger charge is 2.13. The molecule has 0 radical (unpaired) electrons. The van der Waals surface area contributed by atoms with Gasteiger partial charge < -0.3 is 10.5 Å². The lowest BCUT2D eigenvalue weighted by molar-refractivity contribution is 0.145. The minimum Gasteiger partial charge on any atom is -0.494 e. The number of aryl methyl sites for hydroxylation is 1. The normalized spacial score (nSPS) is 10.5. The molecular formula is C8H10F2N2O. The fourth-order valence-electron chi connectivity index (χ4n) is 0.957. The maximum Gasteiger partial charge on any atom is 0.280 e. The predicted octanol–water partition coefficient (Wildman–Crippen LogP) is 1.92. The van der Waals surface area contributed by atoms with Crippen LogP contribution in [-0.4, -0.2) is 12.1 Å². The summed E-state index contributed by atoms with van der Waals surface area (Å²) in [7, 11) is 1.38. The van der Waals surface area contributed by atoms with Gasteiger partial charge in [0.25, 0.3) is 6.43 Å². The molecule has 1 rings (SSSR count). The van der Waals surface area contributed by atoms with Crippen molar-refractivity contribution in [2.75, 3.05) is 12.8 Å². The van der Waals surface area contributed by atoms with Gasteiger partial charge in [-0.2, -0.15) is 0 Å². The third-order valence-corrected chi connectivity index (χ3v) is 1.67. The van der Waals surface area contributed by atoms with Gasteiger partial charge in [0, 0.05) is 6.07 Å². The van der Waals surface area contributed by atoms with E-state index in [2.05, 4.69) is 4.98 Å². The minimum absolute atomic E-state index is 0.239. The van der Waals surface area contributed by atoms with Crippen LogP contribution in [0, 0.1) is 6.92 Å². The van der Waals surface area contributed by atoms with Gasteiger partial charge in [-0.1, -0.05) is 0 Å². The van der Waals surface area contributed by atoms with Gasteiger partial charge in [-0.25, -0.2) is 13.8 Å². The molecule has 0 aliphatic rings. The van der Waals surface area contributed by atoms with Gasteiger partial charge in [-0.15, -0.1) is 0 Å². The van der Waals surface area contributed by atoms with E-state index >= 15 is 0 Å². The summed E-state index contributed by atoms with van der Waals surface area (Å²) in [6.45, 7) is 1.56. The van der Waals surface area contributed by atoms with Crippen LogP contribution in [0.1, 0.15) is 17.8 Å². The molecule has 0 fully saturated rings. The quantitative estimate of drug-likeness (QED) is 0.771. The molecule has 1 aromatic heterocycles. The zero-order chi connectivity index (χ0) is 10.0. The first kappa shape index (κ1) is 9.70. The molecule has 0 aliphatic heterocycles. The number of nitrogens with zero attached hydrogens (tertiary/aromatic N) is 1. The largest absolute Gasteiger partial charge is 0.494 e. The molecule has 5 heteroatoms. The number of alkyl halides is 2. The van der Waals surface area contributed by atoms with E-state index in [1.807, 2.05) is 0 Å². The summed E-state index contributed by atoms with van der Waals surface area (Å²) >= 11 is 0. The Morgan fingerprint density at radius 2 is 2.15 bits per heavy atom. The van der Waals surface area contributed by atoms with Gasteiger partial charge in [0.2, 0.25) is 0 Å². The highest BCUT2D eigenvalue weighted by atomic mass is 19.3. The Labute approximate surface area is 74.5 Å². The third kappa shape index (κ3) is 1.85. The number of anilines is 1. The SMILES string of the molecule is COc1cc(C(F)F)nc(C)c1N. The first-order chi connectivity index (χ1) is 6.06. The summed E-state index contributed by atoms with van der Waals surface area (Å²) in [5, 5.41) is 0. The third-order valence-electron chi connectivity index (χ3n) is 1.67. The summed E-state index contributed by atoms with van der Waals surface area (Å²) in [5.74, 6) is 0.239. The second-order valence-electron chi connectivity index (χ2n) is 2.55. The molecule has 1 heterocycles. The van der Waals surface area contributed by atoms with Gasteiger partial charge in [-0.05, 0) is 6.92 Å². The maximum absolute atomic E-state index is 12.2. The highest BCUT2D eigenvalue weighted by molar-refractivity contribution is 5.56. The van der Waals surface area contributed by atoms with Crippen LogP contribution in [0.4, 0.5) is 14.5 Å². The van der Waals surface area contributed by atoms with Gasteiger partial charge in [0.1, 0.15) is 11.4 Å². The lowest BCUT2D eigenvalue weighted by atomic mass is 10.2. The van der Waals surface area contributed by atoms with E-state index in [4.69, 9.17) is 10.5 Å². The number of hydrogen-bond acceptors (Lipinski definition) is 3. The maximum atomic E-state index is 12.2. The Balaban J connectivity index is 3.22. The number of nitrogen functional groups attached to an aromatic ring is 1. The molecule has 2 N–H and O–H groups in total. The van der Waals surface area contributed by atoms with Gasteiger partial charge in [0.05, 0.1) is 18.5 Å². The van der Waals surface area contributed by atoms with Crippen molar-refractivity contribution in [1.82, 2.24) is 4.98 Å². The van der Waals surface area contributed by atoms with Crippen LogP contribution in [0.5, 0.6) is 5.75 Å². The number of nitrogens with two attached hydrogens (primary N) is 1. The molecule has 0 atom stereocenters.